The molecule has 0 bridgehead atoms. The minimum Gasteiger partial charge on any atom is -0.324 e. The van der Waals surface area contributed by atoms with Crippen molar-refractivity contribution in [2.45, 2.75) is 19.4 Å². The lowest BCUT2D eigenvalue weighted by Crippen LogP contribution is -2.08. The number of rotatable bonds is 2. The van der Waals surface area contributed by atoms with Crippen molar-refractivity contribution >= 4 is 27.5 Å². The lowest BCUT2D eigenvalue weighted by molar-refractivity contribution is 0.698. The number of hydrogen-bond donors (Lipinski definition) is 1. The fourth-order valence-electron chi connectivity index (χ4n) is 0.979. The first-order chi connectivity index (χ1) is 5.65. The third-order valence-corrected chi connectivity index (χ3v) is 3.03. The highest BCUT2D eigenvalue weighted by molar-refractivity contribution is 9.10. The second-order valence-corrected chi connectivity index (χ2v) is 3.95. The molecule has 0 heterocycles. The van der Waals surface area contributed by atoms with Gasteiger partial charge in [-0.15, -0.1) is 0 Å². The third kappa shape index (κ3) is 2.22. The Balaban J connectivity index is 2.96. The van der Waals surface area contributed by atoms with Gasteiger partial charge in [-0.25, -0.2) is 0 Å². The van der Waals surface area contributed by atoms with E-state index in [1.165, 1.54) is 0 Å². The monoisotopic (exact) mass is 247 g/mol. The molecule has 0 unspecified atom stereocenters. The van der Waals surface area contributed by atoms with E-state index in [2.05, 4.69) is 22.9 Å². The summed E-state index contributed by atoms with van der Waals surface area (Å²) in [5.74, 6) is 0. The maximum Gasteiger partial charge on any atom is 0.0548 e. The van der Waals surface area contributed by atoms with Crippen molar-refractivity contribution in [1.82, 2.24) is 0 Å². The van der Waals surface area contributed by atoms with Crippen molar-refractivity contribution in [3.63, 3.8) is 0 Å². The van der Waals surface area contributed by atoms with E-state index in [1.54, 1.807) is 0 Å². The van der Waals surface area contributed by atoms with Crippen LogP contribution in [0.5, 0.6) is 0 Å². The molecule has 0 aliphatic rings. The minimum absolute atomic E-state index is 0.110. The molecule has 12 heavy (non-hydrogen) atoms. The van der Waals surface area contributed by atoms with Gasteiger partial charge in [0.1, 0.15) is 0 Å². The fourth-order valence-corrected chi connectivity index (χ4v) is 1.49. The van der Waals surface area contributed by atoms with E-state index < -0.39 is 0 Å². The van der Waals surface area contributed by atoms with Crippen LogP contribution in [0.1, 0.15) is 24.9 Å². The molecule has 3 heteroatoms. The number of benzene rings is 1. The van der Waals surface area contributed by atoms with Gasteiger partial charge in [-0.05, 0) is 40.0 Å². The standard InChI is InChI=1S/C9H11BrClN/c1-2-9(12)6-3-4-8(11)7(10)5-6/h3-5,9H,2,12H2,1H3/t9-/m1/s1. The normalized spacial score (nSPS) is 13.0. The minimum atomic E-state index is 0.110. The lowest BCUT2D eigenvalue weighted by atomic mass is 10.1. The molecular weight excluding hydrogens is 237 g/mol. The van der Waals surface area contributed by atoms with E-state index in [-0.39, 0.29) is 6.04 Å². The Hall–Kier alpha value is -0.0500. The molecule has 0 saturated heterocycles. The molecule has 2 N–H and O–H groups in total. The van der Waals surface area contributed by atoms with Crippen LogP contribution in [-0.4, -0.2) is 0 Å². The summed E-state index contributed by atoms with van der Waals surface area (Å²) in [5, 5.41) is 0.724. The van der Waals surface area contributed by atoms with Crippen LogP contribution >= 0.6 is 27.5 Å². The van der Waals surface area contributed by atoms with Crippen LogP contribution in [0.25, 0.3) is 0 Å². The summed E-state index contributed by atoms with van der Waals surface area (Å²) in [6.07, 6.45) is 0.939. The Bertz CT molecular complexity index is 275. The number of hydrogen-bond acceptors (Lipinski definition) is 1. The van der Waals surface area contributed by atoms with E-state index in [1.807, 2.05) is 18.2 Å². The first-order valence-electron chi connectivity index (χ1n) is 3.85. The summed E-state index contributed by atoms with van der Waals surface area (Å²) in [4.78, 5) is 0. The Morgan fingerprint density at radius 2 is 2.25 bits per heavy atom. The molecule has 0 amide bonds. The van der Waals surface area contributed by atoms with Gasteiger partial charge in [-0.3, -0.25) is 0 Å². The SMILES string of the molecule is CC[C@@H](N)c1ccc(Cl)c(Br)c1. The molecular formula is C9H11BrClN. The Kier molecular flexibility index (Phi) is 3.56. The Morgan fingerprint density at radius 1 is 1.58 bits per heavy atom. The molecule has 1 aromatic rings. The molecule has 0 radical (unpaired) electrons. The number of halogens is 2. The Morgan fingerprint density at radius 3 is 2.75 bits per heavy atom. The molecule has 1 rings (SSSR count). The zero-order chi connectivity index (χ0) is 9.14. The Labute approximate surface area is 86.0 Å². The molecule has 1 nitrogen and oxygen atoms in total. The van der Waals surface area contributed by atoms with Crippen LogP contribution in [0.2, 0.25) is 5.02 Å². The van der Waals surface area contributed by atoms with Crippen molar-refractivity contribution in [2.24, 2.45) is 5.73 Å². The average Bonchev–Trinajstić information content (AvgIpc) is 2.08. The van der Waals surface area contributed by atoms with Gasteiger partial charge in [0.2, 0.25) is 0 Å². The molecule has 0 aromatic heterocycles. The van der Waals surface area contributed by atoms with Gasteiger partial charge in [-0.1, -0.05) is 24.6 Å². The average molecular weight is 249 g/mol. The summed E-state index contributed by atoms with van der Waals surface area (Å²) < 4.78 is 0.908. The van der Waals surface area contributed by atoms with Gasteiger partial charge in [0.05, 0.1) is 5.02 Å². The van der Waals surface area contributed by atoms with Crippen LogP contribution in [-0.2, 0) is 0 Å². The molecule has 0 fully saturated rings. The van der Waals surface area contributed by atoms with Gasteiger partial charge in [-0.2, -0.15) is 0 Å². The van der Waals surface area contributed by atoms with Gasteiger partial charge in [0.25, 0.3) is 0 Å². The highest BCUT2D eigenvalue weighted by atomic mass is 79.9. The highest BCUT2D eigenvalue weighted by Crippen LogP contribution is 2.26. The highest BCUT2D eigenvalue weighted by Gasteiger charge is 2.04. The van der Waals surface area contributed by atoms with Crippen molar-refractivity contribution < 1.29 is 0 Å². The van der Waals surface area contributed by atoms with E-state index in [9.17, 15) is 0 Å². The van der Waals surface area contributed by atoms with Crippen molar-refractivity contribution in [1.29, 1.82) is 0 Å². The molecule has 0 aliphatic heterocycles. The van der Waals surface area contributed by atoms with E-state index in [0.29, 0.717) is 0 Å². The van der Waals surface area contributed by atoms with Crippen LogP contribution in [0.3, 0.4) is 0 Å². The van der Waals surface area contributed by atoms with Crippen LogP contribution in [0.4, 0.5) is 0 Å². The second-order valence-electron chi connectivity index (χ2n) is 2.69. The molecule has 1 aromatic carbocycles. The van der Waals surface area contributed by atoms with E-state index >= 15 is 0 Å². The van der Waals surface area contributed by atoms with Crippen LogP contribution in [0.15, 0.2) is 22.7 Å². The van der Waals surface area contributed by atoms with E-state index in [0.717, 1.165) is 21.5 Å². The molecule has 0 saturated carbocycles. The van der Waals surface area contributed by atoms with E-state index in [4.69, 9.17) is 17.3 Å². The zero-order valence-corrected chi connectivity index (χ0v) is 9.19. The predicted octanol–water partition coefficient (Wildman–Crippen LogP) is 3.51. The summed E-state index contributed by atoms with van der Waals surface area (Å²) >= 11 is 9.20. The van der Waals surface area contributed by atoms with Crippen LogP contribution < -0.4 is 5.73 Å². The second kappa shape index (κ2) is 4.26. The fraction of sp³-hybridized carbons (Fsp3) is 0.333. The summed E-state index contributed by atoms with van der Waals surface area (Å²) in [5.41, 5.74) is 6.97. The topological polar surface area (TPSA) is 26.0 Å². The molecule has 0 spiro atoms. The van der Waals surface area contributed by atoms with Gasteiger partial charge in [0.15, 0.2) is 0 Å². The van der Waals surface area contributed by atoms with Crippen LogP contribution in [0, 0.1) is 0 Å². The predicted molar refractivity (Wildman–Crippen MR) is 56.4 cm³/mol. The maximum atomic E-state index is 5.85. The molecule has 1 atom stereocenters. The summed E-state index contributed by atoms with van der Waals surface area (Å²) in [6.45, 7) is 2.06. The first kappa shape index (κ1) is 10.0. The quantitative estimate of drug-likeness (QED) is 0.851. The largest absolute Gasteiger partial charge is 0.324 e. The number of nitrogens with two attached hydrogens (primary N) is 1. The van der Waals surface area contributed by atoms with Gasteiger partial charge >= 0.3 is 0 Å². The summed E-state index contributed by atoms with van der Waals surface area (Å²) in [7, 11) is 0. The smallest absolute Gasteiger partial charge is 0.0548 e. The molecule has 0 aliphatic carbocycles. The third-order valence-electron chi connectivity index (χ3n) is 1.81. The van der Waals surface area contributed by atoms with Gasteiger partial charge in [0, 0.05) is 10.5 Å². The lowest BCUT2D eigenvalue weighted by Gasteiger charge is -2.09. The first-order valence-corrected chi connectivity index (χ1v) is 5.02. The van der Waals surface area contributed by atoms with Crippen molar-refractivity contribution in [3.05, 3.63) is 33.3 Å². The maximum absolute atomic E-state index is 5.85. The van der Waals surface area contributed by atoms with Crippen molar-refractivity contribution in [2.75, 3.05) is 0 Å². The zero-order valence-electron chi connectivity index (χ0n) is 6.85. The molecule has 66 valence electrons. The van der Waals surface area contributed by atoms with Crippen molar-refractivity contribution in [3.8, 4) is 0 Å². The van der Waals surface area contributed by atoms with Gasteiger partial charge < -0.3 is 5.73 Å². The summed E-state index contributed by atoms with van der Waals surface area (Å²) in [6, 6.07) is 5.90.